The molecule has 9 heteroatoms. The fourth-order valence-electron chi connectivity index (χ4n) is 2.55. The second kappa shape index (κ2) is 8.18. The molecule has 0 aliphatic carbocycles. The number of carbonyl (C=O) groups is 1. The summed E-state index contributed by atoms with van der Waals surface area (Å²) in [6.45, 7) is 3.19. The number of amides is 1. The van der Waals surface area contributed by atoms with Gasteiger partial charge in [-0.3, -0.25) is 4.79 Å². The Labute approximate surface area is 165 Å². The molecular weight excluding hydrogens is 438 g/mol. The highest BCUT2D eigenvalue weighted by Crippen LogP contribution is 2.31. The first-order valence-corrected chi connectivity index (χ1v) is 10.5. The number of halogens is 1. The highest BCUT2D eigenvalue weighted by atomic mass is 79.9. The van der Waals surface area contributed by atoms with Gasteiger partial charge in [0.15, 0.2) is 11.5 Å². The van der Waals surface area contributed by atoms with Gasteiger partial charge in [0.25, 0.3) is 10.0 Å². The monoisotopic (exact) mass is 455 g/mol. The van der Waals surface area contributed by atoms with Gasteiger partial charge in [-0.25, -0.2) is 13.1 Å². The highest BCUT2D eigenvalue weighted by Gasteiger charge is 2.20. The van der Waals surface area contributed by atoms with E-state index in [4.69, 9.17) is 14.2 Å². The van der Waals surface area contributed by atoms with E-state index in [9.17, 15) is 13.2 Å². The molecule has 1 aliphatic rings. The maximum Gasteiger partial charge on any atom is 0.264 e. The summed E-state index contributed by atoms with van der Waals surface area (Å²) in [5.41, 5.74) is 0.625. The zero-order valence-electron chi connectivity index (χ0n) is 14.5. The fraction of sp³-hybridized carbons (Fsp3) is 0.278. The third-order valence-electron chi connectivity index (χ3n) is 3.73. The molecule has 0 saturated carbocycles. The van der Waals surface area contributed by atoms with E-state index in [1.54, 1.807) is 18.2 Å². The van der Waals surface area contributed by atoms with Gasteiger partial charge in [-0.15, -0.1) is 0 Å². The molecule has 3 rings (SSSR count). The van der Waals surface area contributed by atoms with Gasteiger partial charge in [-0.05, 0) is 58.7 Å². The largest absolute Gasteiger partial charge is 0.493 e. The molecule has 1 N–H and O–H groups in total. The number of ether oxygens (including phenoxy) is 3. The van der Waals surface area contributed by atoms with Crippen molar-refractivity contribution in [3.63, 3.8) is 0 Å². The lowest BCUT2D eigenvalue weighted by Gasteiger charge is -2.18. The van der Waals surface area contributed by atoms with E-state index in [1.165, 1.54) is 18.2 Å². The molecule has 2 aromatic carbocycles. The summed E-state index contributed by atoms with van der Waals surface area (Å²) in [5, 5.41) is 0. The number of hydrogen-bond donors (Lipinski definition) is 1. The van der Waals surface area contributed by atoms with Crippen LogP contribution in [0, 0.1) is 0 Å². The van der Waals surface area contributed by atoms with Crippen LogP contribution in [-0.2, 0) is 21.2 Å². The molecule has 7 nitrogen and oxygen atoms in total. The molecule has 0 aromatic heterocycles. The maximum absolute atomic E-state index is 12.4. The van der Waals surface area contributed by atoms with Crippen molar-refractivity contribution in [3.05, 3.63) is 46.4 Å². The van der Waals surface area contributed by atoms with Crippen molar-refractivity contribution in [2.45, 2.75) is 18.2 Å². The maximum atomic E-state index is 12.4. The molecule has 0 bridgehead atoms. The first kappa shape index (κ1) is 19.5. The van der Waals surface area contributed by atoms with Crippen LogP contribution in [0.15, 0.2) is 45.8 Å². The molecule has 0 saturated heterocycles. The third-order valence-corrected chi connectivity index (χ3v) is 5.72. The molecule has 0 radical (unpaired) electrons. The molecule has 2 aromatic rings. The quantitative estimate of drug-likeness (QED) is 0.719. The topological polar surface area (TPSA) is 90.9 Å². The number of hydrogen-bond acceptors (Lipinski definition) is 6. The second-order valence-electron chi connectivity index (χ2n) is 5.71. The molecule has 144 valence electrons. The van der Waals surface area contributed by atoms with Crippen molar-refractivity contribution >= 4 is 31.9 Å². The Morgan fingerprint density at radius 3 is 2.59 bits per heavy atom. The van der Waals surface area contributed by atoms with Gasteiger partial charge in [0.05, 0.1) is 22.4 Å². The minimum Gasteiger partial charge on any atom is -0.493 e. The predicted molar refractivity (Wildman–Crippen MR) is 102 cm³/mol. The fourth-order valence-corrected chi connectivity index (χ4v) is 4.20. The van der Waals surface area contributed by atoms with E-state index >= 15 is 0 Å². The Morgan fingerprint density at radius 1 is 1.15 bits per heavy atom. The SMILES string of the molecule is CCOc1ccc(S(=O)(=O)NC(=O)Cc2ccc3c(c2)OCCO3)cc1Br. The third kappa shape index (κ3) is 4.72. The average Bonchev–Trinajstić information content (AvgIpc) is 2.63. The first-order valence-electron chi connectivity index (χ1n) is 8.25. The molecule has 0 fully saturated rings. The molecule has 0 atom stereocenters. The summed E-state index contributed by atoms with van der Waals surface area (Å²) in [7, 11) is -3.99. The summed E-state index contributed by atoms with van der Waals surface area (Å²) in [5.74, 6) is 1.04. The van der Waals surface area contributed by atoms with Crippen molar-refractivity contribution in [1.82, 2.24) is 4.72 Å². The molecule has 0 unspecified atom stereocenters. The van der Waals surface area contributed by atoms with Gasteiger partial charge >= 0.3 is 0 Å². The second-order valence-corrected chi connectivity index (χ2v) is 8.25. The number of carbonyl (C=O) groups excluding carboxylic acids is 1. The van der Waals surface area contributed by atoms with Crippen LogP contribution in [0.4, 0.5) is 0 Å². The van der Waals surface area contributed by atoms with E-state index < -0.39 is 15.9 Å². The minimum absolute atomic E-state index is 0.0339. The zero-order valence-corrected chi connectivity index (χ0v) is 16.9. The van der Waals surface area contributed by atoms with Gasteiger partial charge in [-0.2, -0.15) is 0 Å². The summed E-state index contributed by atoms with van der Waals surface area (Å²) in [6.07, 6.45) is -0.103. The predicted octanol–water partition coefficient (Wildman–Crippen LogP) is 2.67. The van der Waals surface area contributed by atoms with Crippen LogP contribution in [-0.4, -0.2) is 34.1 Å². The zero-order chi connectivity index (χ0) is 19.4. The van der Waals surface area contributed by atoms with E-state index in [0.717, 1.165) is 0 Å². The Morgan fingerprint density at radius 2 is 1.89 bits per heavy atom. The number of rotatable bonds is 6. The Hall–Kier alpha value is -2.26. The van der Waals surface area contributed by atoms with Gasteiger partial charge in [-0.1, -0.05) is 6.07 Å². The number of benzene rings is 2. The van der Waals surface area contributed by atoms with Crippen LogP contribution in [0.5, 0.6) is 17.2 Å². The number of fused-ring (bicyclic) bond motifs is 1. The molecule has 1 aliphatic heterocycles. The van der Waals surface area contributed by atoms with E-state index in [1.807, 2.05) is 6.92 Å². The molecule has 1 amide bonds. The Bertz CT molecular complexity index is 960. The Balaban J connectivity index is 1.70. The molecule has 0 spiro atoms. The summed E-state index contributed by atoms with van der Waals surface area (Å²) >= 11 is 3.27. The average molecular weight is 456 g/mol. The normalized spacial score (nSPS) is 13.1. The van der Waals surface area contributed by atoms with Crippen LogP contribution < -0.4 is 18.9 Å². The van der Waals surface area contributed by atoms with Crippen LogP contribution in [0.2, 0.25) is 0 Å². The molecule has 1 heterocycles. The summed E-state index contributed by atoms with van der Waals surface area (Å²) < 4.78 is 43.7. The standard InChI is InChI=1S/C18H18BrNO6S/c1-2-24-15-6-4-13(11-14(15)19)27(22,23)20-18(21)10-12-3-5-16-17(9-12)26-8-7-25-16/h3-6,9,11H,2,7-8,10H2,1H3,(H,20,21). The molecular formula is C18H18BrNO6S. The summed E-state index contributed by atoms with van der Waals surface area (Å²) in [4.78, 5) is 12.2. The van der Waals surface area contributed by atoms with E-state index in [0.29, 0.717) is 47.1 Å². The van der Waals surface area contributed by atoms with Crippen LogP contribution in [0.1, 0.15) is 12.5 Å². The number of nitrogens with one attached hydrogen (secondary N) is 1. The first-order chi connectivity index (χ1) is 12.9. The molecule has 27 heavy (non-hydrogen) atoms. The smallest absolute Gasteiger partial charge is 0.264 e. The van der Waals surface area contributed by atoms with Gasteiger partial charge in [0.1, 0.15) is 19.0 Å². The van der Waals surface area contributed by atoms with Gasteiger partial charge in [0.2, 0.25) is 5.91 Å². The van der Waals surface area contributed by atoms with Crippen LogP contribution >= 0.6 is 15.9 Å². The van der Waals surface area contributed by atoms with Gasteiger partial charge in [0, 0.05) is 0 Å². The van der Waals surface area contributed by atoms with E-state index in [2.05, 4.69) is 20.7 Å². The van der Waals surface area contributed by atoms with Crippen molar-refractivity contribution in [2.24, 2.45) is 0 Å². The van der Waals surface area contributed by atoms with Crippen molar-refractivity contribution in [1.29, 1.82) is 0 Å². The van der Waals surface area contributed by atoms with Crippen molar-refractivity contribution in [2.75, 3.05) is 19.8 Å². The van der Waals surface area contributed by atoms with Gasteiger partial charge < -0.3 is 14.2 Å². The highest BCUT2D eigenvalue weighted by molar-refractivity contribution is 9.10. The van der Waals surface area contributed by atoms with Crippen LogP contribution in [0.25, 0.3) is 0 Å². The summed E-state index contributed by atoms with van der Waals surface area (Å²) in [6, 6.07) is 9.39. The van der Waals surface area contributed by atoms with Crippen molar-refractivity contribution < 1.29 is 27.4 Å². The number of sulfonamides is 1. The van der Waals surface area contributed by atoms with Crippen molar-refractivity contribution in [3.8, 4) is 17.2 Å². The minimum atomic E-state index is -3.99. The lowest BCUT2D eigenvalue weighted by molar-refractivity contribution is -0.118. The van der Waals surface area contributed by atoms with E-state index in [-0.39, 0.29) is 11.3 Å². The lowest BCUT2D eigenvalue weighted by Crippen LogP contribution is -2.31. The van der Waals surface area contributed by atoms with Crippen LogP contribution in [0.3, 0.4) is 0 Å². The lowest BCUT2D eigenvalue weighted by atomic mass is 10.1. The Kier molecular flexibility index (Phi) is 5.91.